The van der Waals surface area contributed by atoms with E-state index >= 15 is 0 Å². The number of benzene rings is 1. The van der Waals surface area contributed by atoms with E-state index in [4.69, 9.17) is 5.73 Å². The predicted octanol–water partition coefficient (Wildman–Crippen LogP) is 0.659. The lowest BCUT2D eigenvalue weighted by Gasteiger charge is -2.10. The summed E-state index contributed by atoms with van der Waals surface area (Å²) < 4.78 is 0. The van der Waals surface area contributed by atoms with Gasteiger partial charge >= 0.3 is 0 Å². The van der Waals surface area contributed by atoms with E-state index in [0.717, 1.165) is 0 Å². The Bertz CT molecular complexity index is 650. The van der Waals surface area contributed by atoms with E-state index in [2.05, 4.69) is 20.8 Å². The summed E-state index contributed by atoms with van der Waals surface area (Å²) in [5, 5.41) is 11.9. The monoisotopic (exact) mass is 287 g/mol. The number of aromatic amines is 1. The van der Waals surface area contributed by atoms with Crippen molar-refractivity contribution in [1.29, 1.82) is 0 Å². The molecular weight excluding hydrogens is 270 g/mol. The molecule has 0 aliphatic rings. The van der Waals surface area contributed by atoms with E-state index in [1.807, 2.05) is 0 Å². The van der Waals surface area contributed by atoms with Crippen LogP contribution in [0.1, 0.15) is 26.4 Å². The summed E-state index contributed by atoms with van der Waals surface area (Å²) in [7, 11) is 0. The summed E-state index contributed by atoms with van der Waals surface area (Å²) in [6.07, 6.45) is 1.45. The van der Waals surface area contributed by atoms with Crippen LogP contribution in [0.15, 0.2) is 30.5 Å². The van der Waals surface area contributed by atoms with Crippen LogP contribution in [0, 0.1) is 6.92 Å². The maximum absolute atomic E-state index is 12.2. The Labute approximate surface area is 121 Å². The van der Waals surface area contributed by atoms with Crippen molar-refractivity contribution in [2.45, 2.75) is 6.92 Å². The number of aryl methyl sites for hydroxylation is 1. The number of carbonyl (C=O) groups is 2. The number of hydrogen-bond acceptors (Lipinski definition) is 4. The highest BCUT2D eigenvalue weighted by atomic mass is 16.2. The Balaban J connectivity index is 2.19. The third-order valence-corrected chi connectivity index (χ3v) is 2.92. The molecule has 2 rings (SSSR count). The molecule has 110 valence electrons. The molecule has 0 saturated heterocycles. The molecule has 0 atom stereocenters. The van der Waals surface area contributed by atoms with Gasteiger partial charge in [-0.05, 0) is 19.1 Å². The van der Waals surface area contributed by atoms with Crippen molar-refractivity contribution < 1.29 is 9.59 Å². The van der Waals surface area contributed by atoms with Crippen LogP contribution >= 0.6 is 0 Å². The predicted molar refractivity (Wildman–Crippen MR) is 79.1 cm³/mol. The van der Waals surface area contributed by atoms with Gasteiger partial charge in [-0.15, -0.1) is 0 Å². The quantitative estimate of drug-likeness (QED) is 0.647. The van der Waals surface area contributed by atoms with Crippen LogP contribution in [0.5, 0.6) is 0 Å². The molecule has 0 radical (unpaired) electrons. The highest BCUT2D eigenvalue weighted by molar-refractivity contribution is 6.09. The molecule has 0 spiro atoms. The minimum absolute atomic E-state index is 0.278. The van der Waals surface area contributed by atoms with Crippen molar-refractivity contribution in [3.05, 3.63) is 47.3 Å². The molecule has 0 unspecified atom stereocenters. The molecule has 21 heavy (non-hydrogen) atoms. The molecule has 1 heterocycles. The summed E-state index contributed by atoms with van der Waals surface area (Å²) in [5.74, 6) is -0.597. The second-order valence-corrected chi connectivity index (χ2v) is 4.45. The Kier molecular flexibility index (Phi) is 4.68. The number of amides is 2. The van der Waals surface area contributed by atoms with E-state index in [1.54, 1.807) is 31.2 Å². The first-order valence-electron chi connectivity index (χ1n) is 6.52. The fourth-order valence-electron chi connectivity index (χ4n) is 1.84. The van der Waals surface area contributed by atoms with E-state index in [1.165, 1.54) is 6.20 Å². The first-order chi connectivity index (χ1) is 10.1. The normalized spacial score (nSPS) is 10.2. The van der Waals surface area contributed by atoms with Crippen LogP contribution in [0.2, 0.25) is 0 Å². The molecule has 5 N–H and O–H groups in total. The van der Waals surface area contributed by atoms with Crippen molar-refractivity contribution in [1.82, 2.24) is 15.5 Å². The van der Waals surface area contributed by atoms with Crippen LogP contribution in [-0.4, -0.2) is 35.1 Å². The van der Waals surface area contributed by atoms with Gasteiger partial charge in [0.15, 0.2) is 0 Å². The first kappa shape index (κ1) is 14.7. The lowest BCUT2D eigenvalue weighted by atomic mass is 10.1. The SMILES string of the molecule is Cc1[nH]ncc1C(=O)Nc1ccccc1C(=O)NCCN. The van der Waals surface area contributed by atoms with Gasteiger partial charge in [0.05, 0.1) is 23.0 Å². The molecule has 2 aromatic rings. The number of carbonyl (C=O) groups excluding carboxylic acids is 2. The van der Waals surface area contributed by atoms with E-state index in [-0.39, 0.29) is 11.8 Å². The minimum Gasteiger partial charge on any atom is -0.351 e. The van der Waals surface area contributed by atoms with E-state index in [0.29, 0.717) is 35.6 Å². The van der Waals surface area contributed by atoms with Crippen molar-refractivity contribution in [2.75, 3.05) is 18.4 Å². The summed E-state index contributed by atoms with van der Waals surface area (Å²) in [5.41, 5.74) is 7.29. The maximum Gasteiger partial charge on any atom is 0.259 e. The second-order valence-electron chi connectivity index (χ2n) is 4.45. The summed E-state index contributed by atoms with van der Waals surface area (Å²) >= 11 is 0. The fraction of sp³-hybridized carbons (Fsp3) is 0.214. The average molecular weight is 287 g/mol. The second kappa shape index (κ2) is 6.67. The number of anilines is 1. The summed E-state index contributed by atoms with van der Waals surface area (Å²) in [4.78, 5) is 24.2. The molecule has 0 fully saturated rings. The van der Waals surface area contributed by atoms with E-state index < -0.39 is 0 Å². The molecule has 1 aromatic heterocycles. The van der Waals surface area contributed by atoms with Crippen molar-refractivity contribution >= 4 is 17.5 Å². The highest BCUT2D eigenvalue weighted by Crippen LogP contribution is 2.16. The van der Waals surface area contributed by atoms with Gasteiger partial charge in [-0.2, -0.15) is 5.10 Å². The lowest BCUT2D eigenvalue weighted by Crippen LogP contribution is -2.30. The van der Waals surface area contributed by atoms with Gasteiger partial charge in [-0.3, -0.25) is 14.7 Å². The Hall–Kier alpha value is -2.67. The third kappa shape index (κ3) is 3.46. The topological polar surface area (TPSA) is 113 Å². The smallest absolute Gasteiger partial charge is 0.259 e. The number of hydrogen-bond donors (Lipinski definition) is 4. The van der Waals surface area contributed by atoms with Gasteiger partial charge in [0.25, 0.3) is 11.8 Å². The maximum atomic E-state index is 12.2. The third-order valence-electron chi connectivity index (χ3n) is 2.92. The average Bonchev–Trinajstić information content (AvgIpc) is 2.91. The van der Waals surface area contributed by atoms with Gasteiger partial charge in [0.1, 0.15) is 0 Å². The van der Waals surface area contributed by atoms with Crippen LogP contribution in [0.25, 0.3) is 0 Å². The van der Waals surface area contributed by atoms with Gasteiger partial charge in [0.2, 0.25) is 0 Å². The van der Waals surface area contributed by atoms with Gasteiger partial charge in [-0.1, -0.05) is 12.1 Å². The first-order valence-corrected chi connectivity index (χ1v) is 6.52. The minimum atomic E-state index is -0.319. The number of nitrogens with one attached hydrogen (secondary N) is 3. The largest absolute Gasteiger partial charge is 0.351 e. The molecule has 1 aromatic carbocycles. The van der Waals surface area contributed by atoms with Crippen LogP contribution < -0.4 is 16.4 Å². The highest BCUT2D eigenvalue weighted by Gasteiger charge is 2.15. The van der Waals surface area contributed by atoms with E-state index in [9.17, 15) is 9.59 Å². The van der Waals surface area contributed by atoms with Gasteiger partial charge in [0, 0.05) is 18.8 Å². The summed E-state index contributed by atoms with van der Waals surface area (Å²) in [6.45, 7) is 2.48. The Morgan fingerprint density at radius 3 is 2.67 bits per heavy atom. The van der Waals surface area contributed by atoms with Crippen LogP contribution in [0.4, 0.5) is 5.69 Å². The zero-order chi connectivity index (χ0) is 15.2. The van der Waals surface area contributed by atoms with Gasteiger partial charge in [-0.25, -0.2) is 0 Å². The molecule has 0 aliphatic carbocycles. The molecule has 0 bridgehead atoms. The van der Waals surface area contributed by atoms with Crippen molar-refractivity contribution in [3.63, 3.8) is 0 Å². The Morgan fingerprint density at radius 2 is 2.00 bits per heavy atom. The standard InChI is InChI=1S/C14H17N5O2/c1-9-11(8-17-19-9)14(21)18-12-5-3-2-4-10(12)13(20)16-7-6-15/h2-5,8H,6-7,15H2,1H3,(H,16,20)(H,17,19)(H,18,21). The van der Waals surface area contributed by atoms with Crippen LogP contribution in [-0.2, 0) is 0 Å². The number of nitrogens with zero attached hydrogens (tertiary/aromatic N) is 1. The fourth-order valence-corrected chi connectivity index (χ4v) is 1.84. The van der Waals surface area contributed by atoms with Crippen LogP contribution in [0.3, 0.4) is 0 Å². The molecular formula is C14H17N5O2. The number of rotatable bonds is 5. The van der Waals surface area contributed by atoms with Crippen molar-refractivity contribution in [2.24, 2.45) is 5.73 Å². The lowest BCUT2D eigenvalue weighted by molar-refractivity contribution is 0.0955. The molecule has 0 saturated carbocycles. The number of para-hydroxylation sites is 1. The molecule has 0 aliphatic heterocycles. The zero-order valence-electron chi connectivity index (χ0n) is 11.6. The zero-order valence-corrected chi connectivity index (χ0v) is 11.6. The number of nitrogens with two attached hydrogens (primary N) is 1. The van der Waals surface area contributed by atoms with Crippen molar-refractivity contribution in [3.8, 4) is 0 Å². The Morgan fingerprint density at radius 1 is 1.24 bits per heavy atom. The number of H-pyrrole nitrogens is 1. The summed E-state index contributed by atoms with van der Waals surface area (Å²) in [6, 6.07) is 6.79. The molecule has 7 heteroatoms. The van der Waals surface area contributed by atoms with Gasteiger partial charge < -0.3 is 16.4 Å². The molecule has 2 amide bonds. The number of aromatic nitrogens is 2. The molecule has 7 nitrogen and oxygen atoms in total.